The van der Waals surface area contributed by atoms with Gasteiger partial charge in [0, 0.05) is 78.5 Å². The van der Waals surface area contributed by atoms with Crippen molar-refractivity contribution in [3.8, 4) is 22.5 Å². The molecule has 0 aromatic heterocycles. The van der Waals surface area contributed by atoms with Crippen LogP contribution in [0.15, 0.2) is 68.8 Å². The predicted molar refractivity (Wildman–Crippen MR) is 168 cm³/mol. The summed E-state index contributed by atoms with van der Waals surface area (Å²) in [5, 5.41) is 19.7. The molecule has 2 aromatic carbocycles. The average Bonchev–Trinajstić information content (AvgIpc) is 3.04. The fourth-order valence-electron chi connectivity index (χ4n) is 5.75. The van der Waals surface area contributed by atoms with Gasteiger partial charge in [-0.3, -0.25) is 5.04 Å². The third-order valence-electron chi connectivity index (χ3n) is 8.03. The Labute approximate surface area is 257 Å². The highest BCUT2D eigenvalue weighted by molar-refractivity contribution is 7.94. The average molecular weight is 627 g/mol. The Hall–Kier alpha value is -2.97. The molecule has 12 heteroatoms. The molecule has 1 N–H and O–H groups in total. The predicted octanol–water partition coefficient (Wildman–Crippen LogP) is 3.69. The van der Waals surface area contributed by atoms with Crippen LogP contribution in [0.25, 0.3) is 33.4 Å². The van der Waals surface area contributed by atoms with Gasteiger partial charge in [0.15, 0.2) is 0 Å². The summed E-state index contributed by atoms with van der Waals surface area (Å²) in [6.45, 7) is 13.8. The SMILES string of the molecule is CCN(CC)c1ccc2c(-c3ccc(S(=O)(=O)N4CCNCC4)cc3SOO[O-])c3ccc(=[N+](CC)CC)cc-3oc2c1. The Kier molecular flexibility index (Phi) is 10.1. The fourth-order valence-corrected chi connectivity index (χ4v) is 7.83. The molecular formula is C31H38N4O6S2. The van der Waals surface area contributed by atoms with Crippen LogP contribution in [-0.2, 0) is 19.4 Å². The molecule has 0 amide bonds. The van der Waals surface area contributed by atoms with Gasteiger partial charge in [-0.25, -0.2) is 13.0 Å². The monoisotopic (exact) mass is 626 g/mol. The van der Waals surface area contributed by atoms with Gasteiger partial charge in [0.2, 0.25) is 15.4 Å². The molecule has 0 saturated carbocycles. The Bertz CT molecular complexity index is 1720. The quantitative estimate of drug-likeness (QED) is 0.0877. The number of rotatable bonds is 11. The Morgan fingerprint density at radius 3 is 2.37 bits per heavy atom. The molecule has 0 atom stereocenters. The van der Waals surface area contributed by atoms with Gasteiger partial charge >= 0.3 is 0 Å². The summed E-state index contributed by atoms with van der Waals surface area (Å²) in [5.41, 5.74) is 4.12. The minimum Gasteiger partial charge on any atom is -0.691 e. The topological polar surface area (TPSA) is 110 Å². The summed E-state index contributed by atoms with van der Waals surface area (Å²) in [6, 6.07) is 17.2. The molecule has 0 bridgehead atoms. The van der Waals surface area contributed by atoms with Crippen LogP contribution in [-0.4, -0.2) is 65.1 Å². The third-order valence-corrected chi connectivity index (χ3v) is 10.6. The number of hydrogen-bond donors (Lipinski definition) is 1. The van der Waals surface area contributed by atoms with Crippen LogP contribution in [0, 0.1) is 0 Å². The van der Waals surface area contributed by atoms with Crippen molar-refractivity contribution in [3.05, 3.63) is 60.0 Å². The van der Waals surface area contributed by atoms with Gasteiger partial charge in [-0.15, -0.1) is 0 Å². The lowest BCUT2D eigenvalue weighted by Crippen LogP contribution is -2.46. The minimum atomic E-state index is -3.76. The van der Waals surface area contributed by atoms with E-state index in [4.69, 9.17) is 8.75 Å². The normalized spacial score (nSPS) is 14.4. The van der Waals surface area contributed by atoms with Gasteiger partial charge in [0.05, 0.1) is 23.0 Å². The van der Waals surface area contributed by atoms with Crippen molar-refractivity contribution in [1.82, 2.24) is 14.2 Å². The van der Waals surface area contributed by atoms with Crippen molar-refractivity contribution in [2.75, 3.05) is 57.3 Å². The number of hydrogen-bond acceptors (Lipinski definition) is 9. The zero-order chi connectivity index (χ0) is 30.6. The number of nitrogens with zero attached hydrogens (tertiary/aromatic N) is 3. The first-order valence-electron chi connectivity index (χ1n) is 14.7. The van der Waals surface area contributed by atoms with Crippen molar-refractivity contribution in [2.45, 2.75) is 37.5 Å². The second-order valence-electron chi connectivity index (χ2n) is 10.2. The molecule has 10 nitrogen and oxygen atoms in total. The molecular weight excluding hydrogens is 588 g/mol. The maximum absolute atomic E-state index is 13.5. The van der Waals surface area contributed by atoms with Crippen LogP contribution >= 0.6 is 12.0 Å². The van der Waals surface area contributed by atoms with Crippen molar-refractivity contribution >= 4 is 38.7 Å². The number of piperazine rings is 1. The van der Waals surface area contributed by atoms with Crippen molar-refractivity contribution in [1.29, 1.82) is 0 Å². The summed E-state index contributed by atoms with van der Waals surface area (Å²) < 4.78 is 42.1. The molecule has 2 heterocycles. The van der Waals surface area contributed by atoms with Crippen molar-refractivity contribution in [3.63, 3.8) is 0 Å². The minimum absolute atomic E-state index is 0.122. The Morgan fingerprint density at radius 2 is 1.70 bits per heavy atom. The molecule has 0 radical (unpaired) electrons. The van der Waals surface area contributed by atoms with E-state index in [1.165, 1.54) is 4.31 Å². The number of benzene rings is 3. The van der Waals surface area contributed by atoms with Gasteiger partial charge in [-0.1, -0.05) is 6.07 Å². The largest absolute Gasteiger partial charge is 0.691 e. The second-order valence-corrected chi connectivity index (χ2v) is 12.9. The van der Waals surface area contributed by atoms with Crippen LogP contribution in [0.1, 0.15) is 27.7 Å². The van der Waals surface area contributed by atoms with Gasteiger partial charge in [0.25, 0.3) is 0 Å². The van der Waals surface area contributed by atoms with E-state index in [0.29, 0.717) is 60.0 Å². The third kappa shape index (κ3) is 6.32. The first-order valence-corrected chi connectivity index (χ1v) is 16.9. The standard InChI is InChI=1S/C31H38N4O6S2/c1-5-33(6-2)22-9-12-25-28(19-22)39-29-20-23(34(7-3)8-4)10-13-26(29)31(25)27-14-11-24(21-30(27)42-41-40-36)43(37,38)35-17-15-32-16-18-35/h9-14,19-21,32H,5-8,15-18H2,1-4H3. The molecule has 230 valence electrons. The molecule has 2 aliphatic heterocycles. The lowest BCUT2D eigenvalue weighted by Gasteiger charge is -2.27. The van der Waals surface area contributed by atoms with Gasteiger partial charge in [-0.05, 0) is 63.6 Å². The Morgan fingerprint density at radius 1 is 0.977 bits per heavy atom. The van der Waals surface area contributed by atoms with Gasteiger partial charge in [0.1, 0.15) is 24.4 Å². The molecule has 0 unspecified atom stereocenters. The van der Waals surface area contributed by atoms with E-state index in [2.05, 4.69) is 59.7 Å². The second kappa shape index (κ2) is 13.8. The highest BCUT2D eigenvalue weighted by atomic mass is 32.2. The molecule has 2 aromatic rings. The van der Waals surface area contributed by atoms with Crippen molar-refractivity contribution < 1.29 is 27.5 Å². The number of sulfonamides is 1. The van der Waals surface area contributed by atoms with Crippen LogP contribution in [0.3, 0.4) is 0 Å². The highest BCUT2D eigenvalue weighted by Gasteiger charge is 2.28. The molecule has 0 spiro atoms. The highest BCUT2D eigenvalue weighted by Crippen LogP contribution is 2.45. The number of anilines is 1. The maximum atomic E-state index is 13.5. The van der Waals surface area contributed by atoms with Crippen LogP contribution < -0.4 is 25.4 Å². The smallest absolute Gasteiger partial charge is 0.243 e. The first kappa shape index (κ1) is 31.5. The lowest BCUT2D eigenvalue weighted by atomic mass is 9.93. The van der Waals surface area contributed by atoms with Crippen LogP contribution in [0.5, 0.6) is 0 Å². The molecule has 1 aliphatic carbocycles. The van der Waals surface area contributed by atoms with E-state index in [-0.39, 0.29) is 4.90 Å². The first-order chi connectivity index (χ1) is 20.9. The lowest BCUT2D eigenvalue weighted by molar-refractivity contribution is -0.777. The Balaban J connectivity index is 1.78. The summed E-state index contributed by atoms with van der Waals surface area (Å²) in [4.78, 5) is 2.81. The molecule has 1 saturated heterocycles. The number of fused-ring (bicyclic) bond motifs is 2. The van der Waals surface area contributed by atoms with Gasteiger partial charge < -0.3 is 19.9 Å². The number of nitrogens with one attached hydrogen (secondary N) is 1. The van der Waals surface area contributed by atoms with E-state index in [1.54, 1.807) is 18.2 Å². The van der Waals surface area contributed by atoms with E-state index in [0.717, 1.165) is 53.7 Å². The fraction of sp³-hybridized carbons (Fsp3) is 0.387. The zero-order valence-electron chi connectivity index (χ0n) is 25.0. The molecule has 5 rings (SSSR count). The molecule has 1 fully saturated rings. The van der Waals surface area contributed by atoms with E-state index >= 15 is 0 Å². The summed E-state index contributed by atoms with van der Waals surface area (Å²) in [6.07, 6.45) is 0. The molecule has 43 heavy (non-hydrogen) atoms. The summed E-state index contributed by atoms with van der Waals surface area (Å²) in [7, 11) is -3.76. The van der Waals surface area contributed by atoms with E-state index in [1.807, 2.05) is 24.3 Å². The maximum Gasteiger partial charge on any atom is 0.243 e. The summed E-state index contributed by atoms with van der Waals surface area (Å²) >= 11 is 0.689. The van der Waals surface area contributed by atoms with E-state index < -0.39 is 10.0 Å². The zero-order valence-corrected chi connectivity index (χ0v) is 26.6. The van der Waals surface area contributed by atoms with Crippen LogP contribution in [0.2, 0.25) is 0 Å². The van der Waals surface area contributed by atoms with E-state index in [9.17, 15) is 13.7 Å². The van der Waals surface area contributed by atoms with Crippen molar-refractivity contribution in [2.24, 2.45) is 0 Å². The van der Waals surface area contributed by atoms with Gasteiger partial charge in [-0.2, -0.15) is 8.64 Å². The van der Waals surface area contributed by atoms with Crippen LogP contribution in [0.4, 0.5) is 5.69 Å². The molecule has 3 aliphatic rings. The summed E-state index contributed by atoms with van der Waals surface area (Å²) in [5.74, 6) is 0.693.